The first-order chi connectivity index (χ1) is 11.5. The largest absolute Gasteiger partial charge is 0.493 e. The highest BCUT2D eigenvalue weighted by atomic mass is 19.1. The quantitative estimate of drug-likeness (QED) is 0.729. The fourth-order valence-electron chi connectivity index (χ4n) is 2.08. The molecule has 0 radical (unpaired) electrons. The van der Waals surface area contributed by atoms with Gasteiger partial charge in [0.1, 0.15) is 17.4 Å². The third kappa shape index (κ3) is 5.96. The fourth-order valence-corrected chi connectivity index (χ4v) is 2.08. The van der Waals surface area contributed by atoms with Crippen LogP contribution in [0.1, 0.15) is 24.5 Å². The predicted octanol–water partition coefficient (Wildman–Crippen LogP) is 2.97. The predicted molar refractivity (Wildman–Crippen MR) is 85.5 cm³/mol. The second-order valence-corrected chi connectivity index (χ2v) is 5.28. The molecule has 24 heavy (non-hydrogen) atoms. The van der Waals surface area contributed by atoms with Crippen LogP contribution in [0.5, 0.6) is 5.75 Å². The van der Waals surface area contributed by atoms with Gasteiger partial charge >= 0.3 is 0 Å². The first kappa shape index (κ1) is 17.9. The van der Waals surface area contributed by atoms with E-state index in [1.807, 2.05) is 0 Å². The average molecular weight is 335 g/mol. The Balaban J connectivity index is 1.63. The Morgan fingerprint density at radius 1 is 1.12 bits per heavy atom. The Labute approximate surface area is 139 Å². The lowest BCUT2D eigenvalue weighted by Crippen LogP contribution is -2.28. The molecule has 128 valence electrons. The fraction of sp³-hybridized carbons (Fsp3) is 0.278. The molecule has 1 amide bonds. The van der Waals surface area contributed by atoms with E-state index < -0.39 is 6.10 Å². The molecular formula is C18H19F2NO3. The van der Waals surface area contributed by atoms with Crippen LogP contribution in [-0.4, -0.2) is 24.2 Å². The van der Waals surface area contributed by atoms with E-state index in [-0.39, 0.29) is 37.1 Å². The molecule has 0 aliphatic carbocycles. The van der Waals surface area contributed by atoms with Gasteiger partial charge in [-0.1, -0.05) is 18.2 Å². The number of ether oxygens (including phenoxy) is 1. The van der Waals surface area contributed by atoms with Crippen LogP contribution in [0.2, 0.25) is 0 Å². The Kier molecular flexibility index (Phi) is 6.69. The minimum absolute atomic E-state index is 0.0508. The highest BCUT2D eigenvalue weighted by Crippen LogP contribution is 2.13. The van der Waals surface area contributed by atoms with Gasteiger partial charge in [0.15, 0.2) is 0 Å². The van der Waals surface area contributed by atoms with Crippen molar-refractivity contribution in [2.75, 3.05) is 13.2 Å². The number of aliphatic hydroxyl groups excluding tert-OH is 1. The van der Waals surface area contributed by atoms with E-state index in [0.717, 1.165) is 0 Å². The number of carbonyl (C=O) groups excluding carboxylic acids is 1. The maximum Gasteiger partial charge on any atom is 0.220 e. The summed E-state index contributed by atoms with van der Waals surface area (Å²) in [7, 11) is 0. The maximum atomic E-state index is 13.0. The van der Waals surface area contributed by atoms with Crippen molar-refractivity contribution in [3.05, 3.63) is 65.7 Å². The minimum Gasteiger partial charge on any atom is -0.493 e. The number of rotatable bonds is 8. The summed E-state index contributed by atoms with van der Waals surface area (Å²) in [6, 6.07) is 11.2. The second kappa shape index (κ2) is 8.98. The van der Waals surface area contributed by atoms with Gasteiger partial charge < -0.3 is 15.2 Å². The van der Waals surface area contributed by atoms with Crippen LogP contribution in [-0.2, 0) is 4.79 Å². The van der Waals surface area contributed by atoms with Crippen molar-refractivity contribution in [3.8, 4) is 5.75 Å². The van der Waals surface area contributed by atoms with Gasteiger partial charge in [0.25, 0.3) is 0 Å². The Bertz CT molecular complexity index is 662. The van der Waals surface area contributed by atoms with Crippen LogP contribution in [0.15, 0.2) is 48.5 Å². The van der Waals surface area contributed by atoms with Gasteiger partial charge in [-0.25, -0.2) is 8.78 Å². The number of halogens is 2. The zero-order chi connectivity index (χ0) is 17.4. The molecule has 1 unspecified atom stereocenters. The third-order valence-corrected chi connectivity index (χ3v) is 3.36. The van der Waals surface area contributed by atoms with Crippen molar-refractivity contribution < 1.29 is 23.4 Å². The molecule has 0 aliphatic rings. The Morgan fingerprint density at radius 3 is 2.58 bits per heavy atom. The summed E-state index contributed by atoms with van der Waals surface area (Å²) in [5.74, 6) is -0.561. The van der Waals surface area contributed by atoms with Crippen molar-refractivity contribution >= 4 is 5.91 Å². The topological polar surface area (TPSA) is 58.6 Å². The van der Waals surface area contributed by atoms with Crippen LogP contribution in [0.25, 0.3) is 0 Å². The molecule has 0 bridgehead atoms. The summed E-state index contributed by atoms with van der Waals surface area (Å²) < 4.78 is 31.1. The minimum atomic E-state index is -0.891. The molecule has 0 aliphatic heterocycles. The van der Waals surface area contributed by atoms with Crippen LogP contribution < -0.4 is 10.1 Å². The molecule has 0 saturated heterocycles. The third-order valence-electron chi connectivity index (χ3n) is 3.36. The van der Waals surface area contributed by atoms with E-state index in [1.54, 1.807) is 12.1 Å². The number of amides is 1. The van der Waals surface area contributed by atoms with E-state index in [2.05, 4.69) is 5.32 Å². The summed E-state index contributed by atoms with van der Waals surface area (Å²) in [6.07, 6.45) is -0.196. The summed E-state index contributed by atoms with van der Waals surface area (Å²) in [5.41, 5.74) is 0.533. The molecule has 2 aromatic rings. The van der Waals surface area contributed by atoms with Gasteiger partial charge in [-0.2, -0.15) is 0 Å². The van der Waals surface area contributed by atoms with E-state index in [9.17, 15) is 18.7 Å². The highest BCUT2D eigenvalue weighted by molar-refractivity contribution is 5.75. The van der Waals surface area contributed by atoms with Crippen LogP contribution in [0.3, 0.4) is 0 Å². The van der Waals surface area contributed by atoms with Crippen LogP contribution in [0.4, 0.5) is 8.78 Å². The Hall–Kier alpha value is -2.47. The molecule has 6 heteroatoms. The molecular weight excluding hydrogens is 316 g/mol. The molecule has 2 N–H and O–H groups in total. The Morgan fingerprint density at radius 2 is 1.88 bits per heavy atom. The lowest BCUT2D eigenvalue weighted by atomic mass is 10.1. The van der Waals surface area contributed by atoms with Gasteiger partial charge in [0.05, 0.1) is 12.7 Å². The summed E-state index contributed by atoms with van der Waals surface area (Å²) in [6.45, 7) is 0.340. The monoisotopic (exact) mass is 335 g/mol. The van der Waals surface area contributed by atoms with Gasteiger partial charge in [-0.05, 0) is 36.2 Å². The lowest BCUT2D eigenvalue weighted by molar-refractivity contribution is -0.121. The summed E-state index contributed by atoms with van der Waals surface area (Å²) in [4.78, 5) is 11.7. The smallest absolute Gasteiger partial charge is 0.220 e. The van der Waals surface area contributed by atoms with Crippen LogP contribution >= 0.6 is 0 Å². The average Bonchev–Trinajstić information content (AvgIpc) is 2.57. The standard InChI is InChI=1S/C18H19F2NO3/c19-14-8-6-13(7-9-14)17(22)12-21-18(23)5-2-10-24-16-4-1-3-15(20)11-16/h1,3-4,6-9,11,17,22H,2,5,10,12H2,(H,21,23). The molecule has 0 fully saturated rings. The number of aliphatic hydroxyl groups is 1. The molecule has 2 aromatic carbocycles. The number of nitrogens with one attached hydrogen (secondary N) is 1. The number of benzene rings is 2. The summed E-state index contributed by atoms with van der Waals surface area (Å²) >= 11 is 0. The SMILES string of the molecule is O=C(CCCOc1cccc(F)c1)NCC(O)c1ccc(F)cc1. The first-order valence-corrected chi connectivity index (χ1v) is 7.63. The van der Waals surface area contributed by atoms with Crippen molar-refractivity contribution in [1.29, 1.82) is 0 Å². The van der Waals surface area contributed by atoms with Crippen molar-refractivity contribution in [2.45, 2.75) is 18.9 Å². The molecule has 0 saturated carbocycles. The molecule has 4 nitrogen and oxygen atoms in total. The number of hydrogen-bond acceptors (Lipinski definition) is 3. The highest BCUT2D eigenvalue weighted by Gasteiger charge is 2.09. The van der Waals surface area contributed by atoms with Crippen molar-refractivity contribution in [2.24, 2.45) is 0 Å². The normalized spacial score (nSPS) is 11.8. The molecule has 0 heterocycles. The van der Waals surface area contributed by atoms with Gasteiger partial charge in [-0.3, -0.25) is 4.79 Å². The second-order valence-electron chi connectivity index (χ2n) is 5.28. The molecule has 0 aromatic heterocycles. The molecule has 0 spiro atoms. The molecule has 2 rings (SSSR count). The molecule has 1 atom stereocenters. The van der Waals surface area contributed by atoms with Gasteiger partial charge in [0, 0.05) is 19.0 Å². The number of carbonyl (C=O) groups is 1. The zero-order valence-electron chi connectivity index (χ0n) is 13.0. The van der Waals surface area contributed by atoms with Crippen molar-refractivity contribution in [1.82, 2.24) is 5.32 Å². The van der Waals surface area contributed by atoms with E-state index in [4.69, 9.17) is 4.74 Å². The lowest BCUT2D eigenvalue weighted by Gasteiger charge is -2.12. The number of hydrogen-bond donors (Lipinski definition) is 2. The summed E-state index contributed by atoms with van der Waals surface area (Å²) in [5, 5.41) is 12.5. The van der Waals surface area contributed by atoms with Crippen molar-refractivity contribution in [3.63, 3.8) is 0 Å². The van der Waals surface area contributed by atoms with E-state index in [0.29, 0.717) is 17.7 Å². The van der Waals surface area contributed by atoms with Gasteiger partial charge in [-0.15, -0.1) is 0 Å². The van der Waals surface area contributed by atoms with E-state index in [1.165, 1.54) is 36.4 Å². The van der Waals surface area contributed by atoms with Crippen LogP contribution in [0, 0.1) is 11.6 Å². The first-order valence-electron chi connectivity index (χ1n) is 7.63. The maximum absolute atomic E-state index is 13.0. The van der Waals surface area contributed by atoms with E-state index >= 15 is 0 Å². The zero-order valence-corrected chi connectivity index (χ0v) is 13.0. The van der Waals surface area contributed by atoms with Gasteiger partial charge in [0.2, 0.25) is 5.91 Å².